The maximum Gasteiger partial charge on any atom is 0.123 e. The molecule has 0 amide bonds. The van der Waals surface area contributed by atoms with Gasteiger partial charge in [0.2, 0.25) is 0 Å². The third-order valence-electron chi connectivity index (χ3n) is 3.27. The van der Waals surface area contributed by atoms with Crippen molar-refractivity contribution in [3.05, 3.63) is 36.5 Å². The second-order valence-corrected chi connectivity index (χ2v) is 4.90. The van der Waals surface area contributed by atoms with Crippen LogP contribution >= 0.6 is 0 Å². The number of benzene rings is 1. The first-order valence-corrected chi connectivity index (χ1v) is 6.88. The molecule has 4 N–H and O–H groups in total. The van der Waals surface area contributed by atoms with Crippen LogP contribution < -0.4 is 16.4 Å². The molecule has 1 aromatic carbocycles. The second kappa shape index (κ2) is 6.74. The van der Waals surface area contributed by atoms with E-state index in [0.717, 1.165) is 28.8 Å². The molecule has 1 heterocycles. The van der Waals surface area contributed by atoms with Crippen molar-refractivity contribution in [3.8, 4) is 11.1 Å². The molecule has 5 heteroatoms. The molecule has 0 aliphatic carbocycles. The summed E-state index contributed by atoms with van der Waals surface area (Å²) in [6, 6.07) is 9.76. The average Bonchev–Trinajstić information content (AvgIpc) is 2.48. The van der Waals surface area contributed by atoms with Crippen LogP contribution in [-0.4, -0.2) is 24.4 Å². The first-order valence-electron chi connectivity index (χ1n) is 6.88. The van der Waals surface area contributed by atoms with Crippen molar-refractivity contribution < 1.29 is 4.79 Å². The molecule has 0 bridgehead atoms. The molecule has 0 aliphatic heterocycles. The maximum atomic E-state index is 10.7. The highest BCUT2D eigenvalue weighted by molar-refractivity contribution is 5.87. The van der Waals surface area contributed by atoms with Crippen LogP contribution in [0.5, 0.6) is 0 Å². The van der Waals surface area contributed by atoms with E-state index in [9.17, 15) is 4.79 Å². The number of aldehydes is 1. The SMILES string of the molecule is CNc1cccc(-c2ccc(N)nc2)c1N[C@H](C)CC=O. The Morgan fingerprint density at radius 1 is 1.33 bits per heavy atom. The summed E-state index contributed by atoms with van der Waals surface area (Å²) in [5.41, 5.74) is 9.57. The summed E-state index contributed by atoms with van der Waals surface area (Å²) < 4.78 is 0. The predicted molar refractivity (Wildman–Crippen MR) is 87.4 cm³/mol. The smallest absolute Gasteiger partial charge is 0.123 e. The molecule has 2 aromatic rings. The van der Waals surface area contributed by atoms with Gasteiger partial charge in [-0.1, -0.05) is 12.1 Å². The fourth-order valence-electron chi connectivity index (χ4n) is 2.17. The van der Waals surface area contributed by atoms with Gasteiger partial charge < -0.3 is 21.2 Å². The van der Waals surface area contributed by atoms with Gasteiger partial charge in [0.1, 0.15) is 12.1 Å². The van der Waals surface area contributed by atoms with Crippen LogP contribution in [0.3, 0.4) is 0 Å². The van der Waals surface area contributed by atoms with Gasteiger partial charge in [-0.3, -0.25) is 0 Å². The Bertz CT molecular complexity index is 610. The van der Waals surface area contributed by atoms with Crippen molar-refractivity contribution >= 4 is 23.5 Å². The predicted octanol–water partition coefficient (Wildman–Crippen LogP) is 2.76. The molecule has 0 aliphatic rings. The van der Waals surface area contributed by atoms with Crippen molar-refractivity contribution in [2.75, 3.05) is 23.4 Å². The lowest BCUT2D eigenvalue weighted by molar-refractivity contribution is -0.107. The molecular weight excluding hydrogens is 264 g/mol. The van der Waals surface area contributed by atoms with E-state index in [4.69, 9.17) is 5.73 Å². The minimum atomic E-state index is 0.0532. The van der Waals surface area contributed by atoms with Crippen molar-refractivity contribution in [1.82, 2.24) is 4.98 Å². The minimum Gasteiger partial charge on any atom is -0.386 e. The summed E-state index contributed by atoms with van der Waals surface area (Å²) in [4.78, 5) is 14.8. The number of carbonyl (C=O) groups is 1. The van der Waals surface area contributed by atoms with Gasteiger partial charge in [-0.15, -0.1) is 0 Å². The first-order chi connectivity index (χ1) is 10.2. The highest BCUT2D eigenvalue weighted by Gasteiger charge is 2.12. The molecule has 2 rings (SSSR count). The standard InChI is InChI=1S/C16H20N4O/c1-11(8-9-21)20-16-13(4-3-5-14(16)18-2)12-6-7-15(17)19-10-12/h3-7,9-11,18,20H,8H2,1-2H3,(H2,17,19)/t11-/m1/s1. The van der Waals surface area contributed by atoms with Crippen molar-refractivity contribution in [3.63, 3.8) is 0 Å². The number of nitrogens with zero attached hydrogens (tertiary/aromatic N) is 1. The van der Waals surface area contributed by atoms with Crippen molar-refractivity contribution in [2.24, 2.45) is 0 Å². The number of rotatable bonds is 6. The summed E-state index contributed by atoms with van der Waals surface area (Å²) in [7, 11) is 1.87. The Labute approximate surface area is 124 Å². The number of nitrogens with two attached hydrogens (primary N) is 1. The summed E-state index contributed by atoms with van der Waals surface area (Å²) in [6.07, 6.45) is 3.13. The van der Waals surface area contributed by atoms with E-state index in [1.165, 1.54) is 0 Å². The van der Waals surface area contributed by atoms with E-state index >= 15 is 0 Å². The topological polar surface area (TPSA) is 80.0 Å². The van der Waals surface area contributed by atoms with Crippen LogP contribution in [0.1, 0.15) is 13.3 Å². The lowest BCUT2D eigenvalue weighted by atomic mass is 10.0. The van der Waals surface area contributed by atoms with Gasteiger partial charge in [0, 0.05) is 36.8 Å². The van der Waals surface area contributed by atoms with E-state index in [-0.39, 0.29) is 6.04 Å². The molecule has 0 fully saturated rings. The van der Waals surface area contributed by atoms with Crippen LogP contribution in [0.2, 0.25) is 0 Å². The molecule has 1 atom stereocenters. The van der Waals surface area contributed by atoms with Gasteiger partial charge >= 0.3 is 0 Å². The molecule has 0 saturated carbocycles. The zero-order valence-electron chi connectivity index (χ0n) is 12.3. The van der Waals surface area contributed by atoms with Gasteiger partial charge in [-0.2, -0.15) is 0 Å². The number of anilines is 3. The van der Waals surface area contributed by atoms with E-state index < -0.39 is 0 Å². The molecule has 0 radical (unpaired) electrons. The molecule has 5 nitrogen and oxygen atoms in total. The number of nitrogen functional groups attached to an aromatic ring is 1. The van der Waals surface area contributed by atoms with E-state index in [1.807, 2.05) is 38.2 Å². The third kappa shape index (κ3) is 3.51. The Morgan fingerprint density at radius 3 is 2.76 bits per heavy atom. The van der Waals surface area contributed by atoms with Crippen molar-refractivity contribution in [1.29, 1.82) is 0 Å². The maximum absolute atomic E-state index is 10.7. The molecular formula is C16H20N4O. The summed E-state index contributed by atoms with van der Waals surface area (Å²) in [5, 5.41) is 6.56. The third-order valence-corrected chi connectivity index (χ3v) is 3.27. The van der Waals surface area contributed by atoms with Gasteiger partial charge in [0.25, 0.3) is 0 Å². The van der Waals surface area contributed by atoms with E-state index in [1.54, 1.807) is 12.3 Å². The number of hydrogen-bond donors (Lipinski definition) is 3. The number of nitrogens with one attached hydrogen (secondary N) is 2. The van der Waals surface area contributed by atoms with E-state index in [0.29, 0.717) is 12.2 Å². The average molecular weight is 284 g/mol. The van der Waals surface area contributed by atoms with Gasteiger partial charge in [-0.05, 0) is 25.1 Å². The molecule has 110 valence electrons. The number of pyridine rings is 1. The normalized spacial score (nSPS) is 11.7. The van der Waals surface area contributed by atoms with Gasteiger partial charge in [0.15, 0.2) is 0 Å². The Hall–Kier alpha value is -2.56. The minimum absolute atomic E-state index is 0.0532. The largest absolute Gasteiger partial charge is 0.386 e. The highest BCUT2D eigenvalue weighted by atomic mass is 16.1. The summed E-state index contributed by atoms with van der Waals surface area (Å²) >= 11 is 0. The van der Waals surface area contributed by atoms with Crippen LogP contribution in [0.25, 0.3) is 11.1 Å². The molecule has 1 aromatic heterocycles. The summed E-state index contributed by atoms with van der Waals surface area (Å²) in [5.74, 6) is 0.493. The Morgan fingerprint density at radius 2 is 2.14 bits per heavy atom. The van der Waals surface area contributed by atoms with E-state index in [2.05, 4.69) is 15.6 Å². The Balaban J connectivity index is 2.44. The first kappa shape index (κ1) is 14.8. The zero-order valence-corrected chi connectivity index (χ0v) is 12.3. The number of aromatic nitrogens is 1. The monoisotopic (exact) mass is 284 g/mol. The van der Waals surface area contributed by atoms with Crippen molar-refractivity contribution in [2.45, 2.75) is 19.4 Å². The number of hydrogen-bond acceptors (Lipinski definition) is 5. The fourth-order valence-corrected chi connectivity index (χ4v) is 2.17. The summed E-state index contributed by atoms with van der Waals surface area (Å²) in [6.45, 7) is 1.98. The molecule has 0 spiro atoms. The number of carbonyl (C=O) groups excluding carboxylic acids is 1. The molecule has 0 saturated heterocycles. The van der Waals surface area contributed by atoms with Gasteiger partial charge in [-0.25, -0.2) is 4.98 Å². The van der Waals surface area contributed by atoms with Gasteiger partial charge in [0.05, 0.1) is 11.4 Å². The van der Waals surface area contributed by atoms with Crippen LogP contribution in [0, 0.1) is 0 Å². The fraction of sp³-hybridized carbons (Fsp3) is 0.250. The highest BCUT2D eigenvalue weighted by Crippen LogP contribution is 2.34. The lowest BCUT2D eigenvalue weighted by Crippen LogP contribution is -2.17. The van der Waals surface area contributed by atoms with Crippen LogP contribution in [0.4, 0.5) is 17.2 Å². The molecule has 0 unspecified atom stereocenters. The zero-order chi connectivity index (χ0) is 15.2. The lowest BCUT2D eigenvalue weighted by Gasteiger charge is -2.20. The second-order valence-electron chi connectivity index (χ2n) is 4.90. The Kier molecular flexibility index (Phi) is 4.77. The number of para-hydroxylation sites is 1. The molecule has 21 heavy (non-hydrogen) atoms. The van der Waals surface area contributed by atoms with Crippen LogP contribution in [0.15, 0.2) is 36.5 Å². The quantitative estimate of drug-likeness (QED) is 0.711. The van der Waals surface area contributed by atoms with Crippen LogP contribution in [-0.2, 0) is 4.79 Å².